The van der Waals surface area contributed by atoms with E-state index in [9.17, 15) is 5.11 Å². The van der Waals surface area contributed by atoms with Gasteiger partial charge >= 0.3 is 0 Å². The van der Waals surface area contributed by atoms with Crippen LogP contribution in [-0.2, 0) is 4.74 Å². The summed E-state index contributed by atoms with van der Waals surface area (Å²) in [5.41, 5.74) is 2.98. The molecule has 0 spiro atoms. The van der Waals surface area contributed by atoms with Crippen molar-refractivity contribution in [1.29, 1.82) is 0 Å². The van der Waals surface area contributed by atoms with E-state index < -0.39 is 6.23 Å². The lowest BCUT2D eigenvalue weighted by atomic mass is 10.1. The van der Waals surface area contributed by atoms with Crippen molar-refractivity contribution in [2.75, 3.05) is 25.0 Å². The molecule has 0 aliphatic carbocycles. The minimum atomic E-state index is -0.649. The third-order valence-corrected chi connectivity index (χ3v) is 6.00. The van der Waals surface area contributed by atoms with Crippen molar-refractivity contribution in [3.63, 3.8) is 0 Å². The van der Waals surface area contributed by atoms with Gasteiger partial charge in [-0.2, -0.15) is 0 Å². The van der Waals surface area contributed by atoms with Gasteiger partial charge in [0, 0.05) is 36.9 Å². The zero-order valence-corrected chi connectivity index (χ0v) is 15.0. The molecule has 3 aromatic rings. The summed E-state index contributed by atoms with van der Waals surface area (Å²) in [5.74, 6) is 0.687. The van der Waals surface area contributed by atoms with Gasteiger partial charge in [-0.3, -0.25) is 9.88 Å². The van der Waals surface area contributed by atoms with Crippen LogP contribution in [0.15, 0.2) is 42.2 Å². The maximum absolute atomic E-state index is 10.4. The summed E-state index contributed by atoms with van der Waals surface area (Å²) < 4.78 is 5.61. The first-order valence-corrected chi connectivity index (χ1v) is 9.71. The van der Waals surface area contributed by atoms with Crippen LogP contribution in [0.1, 0.15) is 6.42 Å². The van der Waals surface area contributed by atoms with Crippen molar-refractivity contribution in [3.05, 3.63) is 42.2 Å². The second kappa shape index (κ2) is 6.59. The largest absolute Gasteiger partial charge is 0.375 e. The van der Waals surface area contributed by atoms with Crippen LogP contribution in [0, 0.1) is 0 Å². The van der Waals surface area contributed by atoms with Crippen molar-refractivity contribution < 1.29 is 9.84 Å². The molecule has 3 atom stereocenters. The zero-order chi connectivity index (χ0) is 17.5. The SMILES string of the molecule is OC(CN1CC2C[C@@H]1CO2)Nc1cc2cc(-c3cncs3)ccc2cn1. The summed E-state index contributed by atoms with van der Waals surface area (Å²) in [6.07, 6.45) is 4.50. The number of fused-ring (bicyclic) bond motifs is 3. The fourth-order valence-electron chi connectivity index (χ4n) is 3.87. The molecular weight excluding hydrogens is 348 g/mol. The number of anilines is 1. The number of pyridine rings is 1. The maximum atomic E-state index is 10.4. The number of nitrogens with one attached hydrogen (secondary N) is 1. The van der Waals surface area contributed by atoms with E-state index in [0.717, 1.165) is 40.8 Å². The van der Waals surface area contributed by atoms with Crippen molar-refractivity contribution in [2.24, 2.45) is 0 Å². The average Bonchev–Trinajstić information content (AvgIpc) is 3.39. The minimum Gasteiger partial charge on any atom is -0.375 e. The summed E-state index contributed by atoms with van der Waals surface area (Å²) in [6.45, 7) is 2.28. The van der Waals surface area contributed by atoms with Gasteiger partial charge in [-0.25, -0.2) is 4.98 Å². The Labute approximate surface area is 155 Å². The molecule has 134 valence electrons. The molecule has 2 saturated heterocycles. The molecule has 2 unspecified atom stereocenters. The maximum Gasteiger partial charge on any atom is 0.138 e. The zero-order valence-electron chi connectivity index (χ0n) is 14.2. The standard InChI is InChI=1S/C19H20N4O2S/c24-19(9-23-8-16-5-15(23)10-25-16)22-18-4-14-3-12(17-7-20-11-26-17)1-2-13(14)6-21-18/h1-4,6-7,11,15-16,19,24H,5,8-10H2,(H,21,22)/t15-,16?,19?/m1/s1. The third kappa shape index (κ3) is 3.07. The third-order valence-electron chi connectivity index (χ3n) is 5.17. The van der Waals surface area contributed by atoms with Gasteiger partial charge in [-0.15, -0.1) is 11.3 Å². The number of aliphatic hydroxyl groups is 1. The van der Waals surface area contributed by atoms with Crippen LogP contribution in [0.5, 0.6) is 0 Å². The Balaban J connectivity index is 1.32. The van der Waals surface area contributed by atoms with E-state index in [4.69, 9.17) is 4.74 Å². The predicted molar refractivity (Wildman–Crippen MR) is 102 cm³/mol. The van der Waals surface area contributed by atoms with Gasteiger partial charge in [-0.1, -0.05) is 12.1 Å². The number of aromatic nitrogens is 2. The van der Waals surface area contributed by atoms with Crippen LogP contribution in [0.25, 0.3) is 21.2 Å². The highest BCUT2D eigenvalue weighted by atomic mass is 32.1. The van der Waals surface area contributed by atoms with Gasteiger partial charge < -0.3 is 15.2 Å². The Morgan fingerprint density at radius 3 is 3.04 bits per heavy atom. The lowest BCUT2D eigenvalue weighted by Gasteiger charge is -2.28. The van der Waals surface area contributed by atoms with Gasteiger partial charge in [0.15, 0.2) is 0 Å². The first-order valence-electron chi connectivity index (χ1n) is 8.83. The van der Waals surface area contributed by atoms with Crippen LogP contribution in [0.3, 0.4) is 0 Å². The molecule has 2 aliphatic rings. The molecule has 6 nitrogen and oxygen atoms in total. The molecule has 26 heavy (non-hydrogen) atoms. The molecule has 0 amide bonds. The Kier molecular flexibility index (Phi) is 4.09. The highest BCUT2D eigenvalue weighted by Crippen LogP contribution is 2.29. The molecule has 0 radical (unpaired) electrons. The molecule has 1 aromatic carbocycles. The fraction of sp³-hybridized carbons (Fsp3) is 0.368. The molecule has 7 heteroatoms. The van der Waals surface area contributed by atoms with Crippen LogP contribution in [0.2, 0.25) is 0 Å². The number of thiazole rings is 1. The minimum absolute atomic E-state index is 0.344. The number of rotatable bonds is 5. The second-order valence-corrected chi connectivity index (χ2v) is 7.84. The number of nitrogens with zero attached hydrogens (tertiary/aromatic N) is 3. The Bertz CT molecular complexity index is 917. The predicted octanol–water partition coefficient (Wildman–Crippen LogP) is 2.56. The van der Waals surface area contributed by atoms with Gasteiger partial charge in [0.05, 0.1) is 23.1 Å². The first-order chi connectivity index (χ1) is 12.7. The molecule has 4 heterocycles. The highest BCUT2D eigenvalue weighted by molar-refractivity contribution is 7.13. The Morgan fingerprint density at radius 1 is 1.31 bits per heavy atom. The van der Waals surface area contributed by atoms with E-state index in [2.05, 4.69) is 38.4 Å². The number of likely N-dealkylation sites (tertiary alicyclic amines) is 1. The first kappa shape index (κ1) is 16.1. The van der Waals surface area contributed by atoms with Crippen LogP contribution in [0.4, 0.5) is 5.82 Å². The van der Waals surface area contributed by atoms with Crippen LogP contribution in [-0.4, -0.2) is 58.0 Å². The van der Waals surface area contributed by atoms with E-state index in [1.807, 2.05) is 24.0 Å². The number of morpholine rings is 1. The van der Waals surface area contributed by atoms with Gasteiger partial charge in [-0.05, 0) is 29.5 Å². The summed E-state index contributed by atoms with van der Waals surface area (Å²) in [7, 11) is 0. The van der Waals surface area contributed by atoms with E-state index in [-0.39, 0.29) is 0 Å². The lowest BCUT2D eigenvalue weighted by molar-refractivity contribution is 0.0144. The van der Waals surface area contributed by atoms with E-state index in [1.54, 1.807) is 11.3 Å². The number of hydrogen-bond donors (Lipinski definition) is 2. The van der Waals surface area contributed by atoms with E-state index in [0.29, 0.717) is 24.5 Å². The van der Waals surface area contributed by atoms with Crippen LogP contribution >= 0.6 is 11.3 Å². The summed E-state index contributed by atoms with van der Waals surface area (Å²) in [4.78, 5) is 12.0. The molecule has 2 aliphatic heterocycles. The Morgan fingerprint density at radius 2 is 2.27 bits per heavy atom. The van der Waals surface area contributed by atoms with Crippen molar-refractivity contribution in [1.82, 2.24) is 14.9 Å². The van der Waals surface area contributed by atoms with Gasteiger partial charge in [0.25, 0.3) is 0 Å². The monoisotopic (exact) mass is 368 g/mol. The molecule has 2 N–H and O–H groups in total. The van der Waals surface area contributed by atoms with Crippen LogP contribution < -0.4 is 5.32 Å². The Hall–Kier alpha value is -2.06. The van der Waals surface area contributed by atoms with Gasteiger partial charge in [0.2, 0.25) is 0 Å². The summed E-state index contributed by atoms with van der Waals surface area (Å²) >= 11 is 1.62. The molecule has 5 rings (SSSR count). The smallest absolute Gasteiger partial charge is 0.138 e. The summed E-state index contributed by atoms with van der Waals surface area (Å²) in [5, 5.41) is 15.7. The number of ether oxygens (including phenoxy) is 1. The molecule has 2 fully saturated rings. The fourth-order valence-corrected chi connectivity index (χ4v) is 4.49. The number of β-amino-alcohol motifs (C(OH)–C–C–N with tert-alkyl or cyclic N) is 1. The normalized spacial score (nSPS) is 23.6. The number of hydrogen-bond acceptors (Lipinski definition) is 7. The lowest BCUT2D eigenvalue weighted by Crippen LogP contribution is -2.43. The highest BCUT2D eigenvalue weighted by Gasteiger charge is 2.39. The topological polar surface area (TPSA) is 70.5 Å². The average molecular weight is 368 g/mol. The summed E-state index contributed by atoms with van der Waals surface area (Å²) in [6, 6.07) is 8.73. The van der Waals surface area contributed by atoms with Gasteiger partial charge in [0.1, 0.15) is 12.0 Å². The van der Waals surface area contributed by atoms with Crippen molar-refractivity contribution in [2.45, 2.75) is 24.8 Å². The quantitative estimate of drug-likeness (QED) is 0.675. The van der Waals surface area contributed by atoms with Crippen molar-refractivity contribution >= 4 is 27.9 Å². The molecule has 0 saturated carbocycles. The van der Waals surface area contributed by atoms with Crippen molar-refractivity contribution in [3.8, 4) is 10.4 Å². The van der Waals surface area contributed by atoms with E-state index >= 15 is 0 Å². The molecular formula is C19H20N4O2S. The second-order valence-electron chi connectivity index (χ2n) is 6.96. The number of benzene rings is 1. The number of aliphatic hydroxyl groups excluding tert-OH is 1. The molecule has 2 aromatic heterocycles. The molecule has 2 bridgehead atoms. The van der Waals surface area contributed by atoms with E-state index in [1.165, 1.54) is 0 Å².